The summed E-state index contributed by atoms with van der Waals surface area (Å²) >= 11 is 0. The molecule has 2 fully saturated rings. The van der Waals surface area contributed by atoms with Gasteiger partial charge >= 0.3 is 0 Å². The van der Waals surface area contributed by atoms with Crippen LogP contribution in [0.3, 0.4) is 0 Å². The number of hydrogen-bond donors (Lipinski definition) is 2. The number of nitrogens with zero attached hydrogens (tertiary/aromatic N) is 1. The number of pyridine rings is 1. The Morgan fingerprint density at radius 1 is 0.921 bits per heavy atom. The number of hydrogen-bond acceptors (Lipinski definition) is 5. The molecule has 2 heterocycles. The molecule has 2 atom stereocenters. The van der Waals surface area contributed by atoms with Crippen LogP contribution in [0.2, 0.25) is 0 Å². The first kappa shape index (κ1) is 26.9. The Labute approximate surface area is 228 Å². The van der Waals surface area contributed by atoms with Crippen LogP contribution >= 0.6 is 0 Å². The molecule has 1 aromatic heterocycles. The molecule has 38 heavy (non-hydrogen) atoms. The number of benzene rings is 2. The molecule has 1 aliphatic carbocycles. The Morgan fingerprint density at radius 2 is 1.71 bits per heavy atom. The molecule has 1 aliphatic heterocycles. The molecule has 2 aromatic carbocycles. The van der Waals surface area contributed by atoms with Crippen LogP contribution in [0, 0.1) is 0 Å². The van der Waals surface area contributed by atoms with E-state index < -0.39 is 0 Å². The summed E-state index contributed by atoms with van der Waals surface area (Å²) in [6.07, 6.45) is 11.0. The SMILES string of the molecule is CNCCC(Oc1ccccc1CNCCC1(c2ccccn2)CCOC2(CCCC2)C1)c1ccccc1. The lowest BCUT2D eigenvalue weighted by molar-refractivity contribution is -0.104. The first-order valence-electron chi connectivity index (χ1n) is 14.4. The van der Waals surface area contributed by atoms with Crippen molar-refractivity contribution in [3.8, 4) is 5.75 Å². The second-order valence-electron chi connectivity index (χ2n) is 11.1. The van der Waals surface area contributed by atoms with E-state index in [0.29, 0.717) is 0 Å². The van der Waals surface area contributed by atoms with Gasteiger partial charge in [0.25, 0.3) is 0 Å². The van der Waals surface area contributed by atoms with Crippen LogP contribution in [0.5, 0.6) is 5.75 Å². The Kier molecular flexibility index (Phi) is 9.10. The lowest BCUT2D eigenvalue weighted by Crippen LogP contribution is -2.47. The van der Waals surface area contributed by atoms with E-state index in [0.717, 1.165) is 57.7 Å². The second-order valence-corrected chi connectivity index (χ2v) is 11.1. The smallest absolute Gasteiger partial charge is 0.125 e. The summed E-state index contributed by atoms with van der Waals surface area (Å²) < 4.78 is 13.1. The van der Waals surface area contributed by atoms with Crippen LogP contribution in [0.1, 0.15) is 74.3 Å². The van der Waals surface area contributed by atoms with Gasteiger partial charge in [-0.1, -0.05) is 67.4 Å². The molecule has 5 rings (SSSR count). The van der Waals surface area contributed by atoms with Crippen molar-refractivity contribution < 1.29 is 9.47 Å². The van der Waals surface area contributed by atoms with Gasteiger partial charge in [-0.05, 0) is 76.0 Å². The minimum Gasteiger partial charge on any atom is -0.485 e. The van der Waals surface area contributed by atoms with Crippen LogP contribution in [0.4, 0.5) is 0 Å². The number of para-hydroxylation sites is 1. The van der Waals surface area contributed by atoms with Gasteiger partial charge in [-0.2, -0.15) is 0 Å². The highest BCUT2D eigenvalue weighted by atomic mass is 16.5. The summed E-state index contributed by atoms with van der Waals surface area (Å²) in [6.45, 7) is 3.45. The molecule has 0 amide bonds. The molecule has 2 unspecified atom stereocenters. The summed E-state index contributed by atoms with van der Waals surface area (Å²) in [4.78, 5) is 4.86. The molecule has 1 saturated heterocycles. The number of rotatable bonds is 12. The van der Waals surface area contributed by atoms with E-state index >= 15 is 0 Å². The maximum atomic E-state index is 6.63. The number of ether oxygens (including phenoxy) is 2. The highest BCUT2D eigenvalue weighted by molar-refractivity contribution is 5.34. The maximum Gasteiger partial charge on any atom is 0.125 e. The molecule has 5 heteroatoms. The van der Waals surface area contributed by atoms with E-state index in [1.165, 1.54) is 42.5 Å². The summed E-state index contributed by atoms with van der Waals surface area (Å²) in [7, 11) is 1.99. The standard InChI is InChI=1S/C33H43N3O2/c1-34-22-16-30(27-11-3-2-4-12-27)38-29-14-6-5-13-28(29)25-35-23-19-32(31-15-7-10-21-36-31)20-24-37-33(26-32)17-8-9-18-33/h2-7,10-15,21,30,34-35H,8-9,16-20,22-26H2,1H3. The van der Waals surface area contributed by atoms with Crippen LogP contribution in [-0.4, -0.2) is 37.3 Å². The van der Waals surface area contributed by atoms with Gasteiger partial charge in [0.2, 0.25) is 0 Å². The Hall–Kier alpha value is -2.73. The van der Waals surface area contributed by atoms with Crippen molar-refractivity contribution >= 4 is 0 Å². The number of aromatic nitrogens is 1. The third kappa shape index (κ3) is 6.45. The molecule has 0 radical (unpaired) electrons. The summed E-state index contributed by atoms with van der Waals surface area (Å²) in [5.74, 6) is 0.959. The van der Waals surface area contributed by atoms with Crippen molar-refractivity contribution in [3.63, 3.8) is 0 Å². The van der Waals surface area contributed by atoms with Gasteiger partial charge in [-0.3, -0.25) is 4.98 Å². The zero-order valence-electron chi connectivity index (χ0n) is 22.8. The zero-order valence-corrected chi connectivity index (χ0v) is 22.8. The van der Waals surface area contributed by atoms with Gasteiger partial charge in [0.1, 0.15) is 11.9 Å². The fraction of sp³-hybridized carbons (Fsp3) is 0.485. The topological polar surface area (TPSA) is 55.4 Å². The molecule has 2 aliphatic rings. The largest absolute Gasteiger partial charge is 0.485 e. The van der Waals surface area contributed by atoms with E-state index in [1.807, 2.05) is 19.3 Å². The fourth-order valence-corrected chi connectivity index (χ4v) is 6.50. The summed E-state index contributed by atoms with van der Waals surface area (Å²) in [6, 6.07) is 25.4. The lowest BCUT2D eigenvalue weighted by atomic mass is 9.68. The normalized spacial score (nSPS) is 21.4. The minimum atomic E-state index is 0.0158. The van der Waals surface area contributed by atoms with E-state index in [-0.39, 0.29) is 17.1 Å². The Bertz CT molecular complexity index is 1120. The van der Waals surface area contributed by atoms with Crippen molar-refractivity contribution in [1.82, 2.24) is 15.6 Å². The molecule has 5 nitrogen and oxygen atoms in total. The zero-order chi connectivity index (χ0) is 26.1. The highest BCUT2D eigenvalue weighted by Crippen LogP contribution is 2.49. The summed E-state index contributed by atoms with van der Waals surface area (Å²) in [5.41, 5.74) is 3.76. The van der Waals surface area contributed by atoms with E-state index in [2.05, 4.69) is 77.4 Å². The molecule has 202 valence electrons. The van der Waals surface area contributed by atoms with Crippen LogP contribution < -0.4 is 15.4 Å². The molecule has 0 bridgehead atoms. The van der Waals surface area contributed by atoms with Crippen LogP contribution in [0.25, 0.3) is 0 Å². The second kappa shape index (κ2) is 12.9. The monoisotopic (exact) mass is 513 g/mol. The third-order valence-electron chi connectivity index (χ3n) is 8.54. The third-order valence-corrected chi connectivity index (χ3v) is 8.54. The van der Waals surface area contributed by atoms with Crippen molar-refractivity contribution in [1.29, 1.82) is 0 Å². The van der Waals surface area contributed by atoms with E-state index in [1.54, 1.807) is 0 Å². The van der Waals surface area contributed by atoms with Gasteiger partial charge in [0.15, 0.2) is 0 Å². The molecule has 3 aromatic rings. The van der Waals surface area contributed by atoms with Gasteiger partial charge < -0.3 is 20.1 Å². The first-order valence-corrected chi connectivity index (χ1v) is 14.4. The van der Waals surface area contributed by atoms with Crippen molar-refractivity contribution in [2.75, 3.05) is 26.7 Å². The van der Waals surface area contributed by atoms with E-state index in [4.69, 9.17) is 14.5 Å². The van der Waals surface area contributed by atoms with Crippen molar-refractivity contribution in [2.24, 2.45) is 0 Å². The van der Waals surface area contributed by atoms with Gasteiger partial charge in [0, 0.05) is 42.4 Å². The van der Waals surface area contributed by atoms with Gasteiger partial charge in [0.05, 0.1) is 5.60 Å². The average molecular weight is 514 g/mol. The number of nitrogens with one attached hydrogen (secondary N) is 2. The van der Waals surface area contributed by atoms with Crippen LogP contribution in [0.15, 0.2) is 79.0 Å². The molecule has 1 saturated carbocycles. The predicted octanol–water partition coefficient (Wildman–Crippen LogP) is 6.35. The Balaban J connectivity index is 1.25. The molecular formula is C33H43N3O2. The maximum absolute atomic E-state index is 6.63. The van der Waals surface area contributed by atoms with Gasteiger partial charge in [-0.25, -0.2) is 0 Å². The molecule has 2 N–H and O–H groups in total. The quantitative estimate of drug-likeness (QED) is 0.276. The summed E-state index contributed by atoms with van der Waals surface area (Å²) in [5, 5.41) is 7.03. The van der Waals surface area contributed by atoms with Crippen LogP contribution in [-0.2, 0) is 16.7 Å². The highest BCUT2D eigenvalue weighted by Gasteiger charge is 2.48. The Morgan fingerprint density at radius 3 is 2.50 bits per heavy atom. The minimum absolute atomic E-state index is 0.0158. The molecular weight excluding hydrogens is 470 g/mol. The van der Waals surface area contributed by atoms with Crippen molar-refractivity contribution in [3.05, 3.63) is 95.8 Å². The fourth-order valence-electron chi connectivity index (χ4n) is 6.50. The lowest BCUT2D eigenvalue weighted by Gasteiger charge is -2.46. The predicted molar refractivity (Wildman–Crippen MR) is 153 cm³/mol. The van der Waals surface area contributed by atoms with Gasteiger partial charge in [-0.15, -0.1) is 0 Å². The van der Waals surface area contributed by atoms with E-state index in [9.17, 15) is 0 Å². The average Bonchev–Trinajstić information content (AvgIpc) is 3.42. The first-order chi connectivity index (χ1) is 18.7. The molecule has 1 spiro atoms. The van der Waals surface area contributed by atoms with Crippen molar-refractivity contribution in [2.45, 2.75) is 75.0 Å².